The molecular formula is C22H21N7O3. The lowest BCUT2D eigenvalue weighted by atomic mass is 9.85. The molecule has 4 aromatic rings. The van der Waals surface area contributed by atoms with Gasteiger partial charge >= 0.3 is 0 Å². The Hall–Kier alpha value is -4.21. The quantitative estimate of drug-likeness (QED) is 0.468. The topological polar surface area (TPSA) is 108 Å². The molecule has 1 aromatic carbocycles. The second kappa shape index (κ2) is 7.80. The lowest BCUT2D eigenvalue weighted by Gasteiger charge is -2.26. The highest BCUT2D eigenvalue weighted by Gasteiger charge is 2.35. The number of nitrogens with one attached hydrogen (secondary N) is 1. The number of hydrogen-bond acceptors (Lipinski definition) is 7. The van der Waals surface area contributed by atoms with E-state index in [0.717, 1.165) is 16.8 Å². The van der Waals surface area contributed by atoms with Crippen LogP contribution in [0.25, 0.3) is 11.5 Å². The van der Waals surface area contributed by atoms with Gasteiger partial charge in [0.1, 0.15) is 18.8 Å². The predicted octanol–water partition coefficient (Wildman–Crippen LogP) is 2.67. The first-order valence-electron chi connectivity index (χ1n) is 10.1. The minimum atomic E-state index is -0.263. The number of rotatable bonds is 6. The number of methoxy groups -OCH3 is 1. The third-order valence-electron chi connectivity index (χ3n) is 5.42. The fourth-order valence-corrected chi connectivity index (χ4v) is 4.07. The van der Waals surface area contributed by atoms with E-state index in [4.69, 9.17) is 14.6 Å². The van der Waals surface area contributed by atoms with Gasteiger partial charge in [0.15, 0.2) is 23.0 Å². The molecule has 10 nitrogen and oxygen atoms in total. The van der Waals surface area contributed by atoms with Crippen molar-refractivity contribution >= 4 is 17.4 Å². The van der Waals surface area contributed by atoms with Gasteiger partial charge in [0, 0.05) is 23.5 Å². The van der Waals surface area contributed by atoms with Crippen LogP contribution < -0.4 is 14.8 Å². The van der Waals surface area contributed by atoms with Crippen LogP contribution in [0.4, 0.5) is 5.82 Å². The Morgan fingerprint density at radius 2 is 2.16 bits per heavy atom. The maximum absolute atomic E-state index is 12.8. The Kier molecular flexibility index (Phi) is 4.81. The normalized spacial score (nSPS) is 15.3. The van der Waals surface area contributed by atoms with Gasteiger partial charge in [-0.25, -0.2) is 0 Å². The second-order valence-electron chi connectivity index (χ2n) is 7.37. The summed E-state index contributed by atoms with van der Waals surface area (Å²) >= 11 is 0. The number of para-hydroxylation sites is 1. The van der Waals surface area contributed by atoms with Gasteiger partial charge in [-0.15, -0.1) is 15.3 Å². The van der Waals surface area contributed by atoms with Gasteiger partial charge < -0.3 is 14.8 Å². The lowest BCUT2D eigenvalue weighted by molar-refractivity contribution is -0.116. The average Bonchev–Trinajstić information content (AvgIpc) is 3.40. The molecule has 3 aromatic heterocycles. The molecule has 0 saturated heterocycles. The van der Waals surface area contributed by atoms with Crippen molar-refractivity contribution in [2.24, 2.45) is 0 Å². The second-order valence-corrected chi connectivity index (χ2v) is 7.37. The fourth-order valence-electron chi connectivity index (χ4n) is 4.07. The van der Waals surface area contributed by atoms with Crippen molar-refractivity contribution in [3.63, 3.8) is 0 Å². The van der Waals surface area contributed by atoms with E-state index in [1.165, 1.54) is 6.33 Å². The largest absolute Gasteiger partial charge is 0.493 e. The highest BCUT2D eigenvalue weighted by molar-refractivity contribution is 5.95. The van der Waals surface area contributed by atoms with Gasteiger partial charge in [0.2, 0.25) is 5.91 Å². The maximum Gasteiger partial charge on any atom is 0.226 e. The Balaban J connectivity index is 1.66. The third-order valence-corrected chi connectivity index (χ3v) is 5.42. The summed E-state index contributed by atoms with van der Waals surface area (Å²) in [6, 6.07) is 9.26. The molecule has 1 N–H and O–H groups in total. The molecule has 1 amide bonds. The zero-order chi connectivity index (χ0) is 22.2. The van der Waals surface area contributed by atoms with Crippen LogP contribution in [0.15, 0.2) is 49.3 Å². The molecule has 0 bridgehead atoms. The summed E-state index contributed by atoms with van der Waals surface area (Å²) in [5.74, 6) is 1.93. The third kappa shape index (κ3) is 3.16. The highest BCUT2D eigenvalue weighted by atomic mass is 16.5. The summed E-state index contributed by atoms with van der Waals surface area (Å²) in [7, 11) is 1.59. The van der Waals surface area contributed by atoms with Crippen LogP contribution >= 0.6 is 0 Å². The van der Waals surface area contributed by atoms with Gasteiger partial charge in [-0.2, -0.15) is 14.3 Å². The van der Waals surface area contributed by atoms with Gasteiger partial charge in [-0.1, -0.05) is 24.8 Å². The summed E-state index contributed by atoms with van der Waals surface area (Å²) in [5, 5.41) is 20.0. The molecular weight excluding hydrogens is 410 g/mol. The number of aromatic nitrogens is 6. The van der Waals surface area contributed by atoms with Crippen LogP contribution in [0.2, 0.25) is 0 Å². The molecule has 1 aliphatic rings. The van der Waals surface area contributed by atoms with Gasteiger partial charge in [-0.3, -0.25) is 4.79 Å². The van der Waals surface area contributed by atoms with Crippen molar-refractivity contribution in [3.8, 4) is 17.3 Å². The molecule has 1 aliphatic heterocycles. The van der Waals surface area contributed by atoms with Crippen molar-refractivity contribution in [1.82, 2.24) is 29.6 Å². The average molecular weight is 431 g/mol. The zero-order valence-electron chi connectivity index (χ0n) is 17.6. The van der Waals surface area contributed by atoms with Crippen LogP contribution in [0.5, 0.6) is 11.5 Å². The van der Waals surface area contributed by atoms with E-state index in [1.807, 2.05) is 25.1 Å². The van der Waals surface area contributed by atoms with E-state index in [-0.39, 0.29) is 18.2 Å². The molecule has 162 valence electrons. The monoisotopic (exact) mass is 431 g/mol. The molecule has 0 radical (unpaired) electrons. The Morgan fingerprint density at radius 1 is 1.28 bits per heavy atom. The fraction of sp³-hybridized carbons (Fsp3) is 0.227. The van der Waals surface area contributed by atoms with E-state index < -0.39 is 0 Å². The number of fused-ring (bicyclic) bond motifs is 2. The Morgan fingerprint density at radius 3 is 2.97 bits per heavy atom. The molecule has 0 fully saturated rings. The number of amides is 1. The van der Waals surface area contributed by atoms with Crippen LogP contribution in [0, 0.1) is 6.92 Å². The number of ether oxygens (including phenoxy) is 2. The Labute approximate surface area is 183 Å². The number of carbonyl (C=O) groups excluding carboxylic acids is 1. The number of aryl methyl sites for hydroxylation is 1. The molecule has 0 spiro atoms. The zero-order valence-corrected chi connectivity index (χ0v) is 17.6. The van der Waals surface area contributed by atoms with Gasteiger partial charge in [0.05, 0.1) is 12.8 Å². The van der Waals surface area contributed by atoms with E-state index in [9.17, 15) is 4.79 Å². The first-order valence-corrected chi connectivity index (χ1v) is 10.1. The summed E-state index contributed by atoms with van der Waals surface area (Å²) in [6.07, 6.45) is 3.45. The van der Waals surface area contributed by atoms with Crippen LogP contribution in [0.1, 0.15) is 29.2 Å². The molecule has 10 heteroatoms. The van der Waals surface area contributed by atoms with Crippen molar-refractivity contribution in [2.45, 2.75) is 19.3 Å². The van der Waals surface area contributed by atoms with Crippen molar-refractivity contribution in [3.05, 3.63) is 66.1 Å². The standard InChI is InChI=1S/C22H21N7O3/c1-4-10-32-21-14(6-5-7-16(21)31-3)15-11-19(30)24-22-20(15)13(2)26-29(22)18-9-8-17-25-23-12-28(17)27-18/h4-9,12,15H,1,10-11H2,2-3H3,(H,24,30)/t15-/m1/s1. The van der Waals surface area contributed by atoms with Crippen molar-refractivity contribution < 1.29 is 14.3 Å². The molecule has 0 aliphatic carbocycles. The minimum absolute atomic E-state index is 0.119. The summed E-state index contributed by atoms with van der Waals surface area (Å²) < 4.78 is 14.7. The number of benzene rings is 1. The maximum atomic E-state index is 12.8. The molecule has 4 heterocycles. The number of nitrogens with zero attached hydrogens (tertiary/aromatic N) is 6. The Bertz CT molecular complexity index is 1340. The smallest absolute Gasteiger partial charge is 0.226 e. The first kappa shape index (κ1) is 19.7. The summed E-state index contributed by atoms with van der Waals surface area (Å²) in [5.41, 5.74) is 3.17. The lowest BCUT2D eigenvalue weighted by Crippen LogP contribution is -2.25. The van der Waals surface area contributed by atoms with Gasteiger partial charge in [-0.05, 0) is 25.1 Å². The van der Waals surface area contributed by atoms with E-state index in [0.29, 0.717) is 35.4 Å². The molecule has 0 saturated carbocycles. The minimum Gasteiger partial charge on any atom is -0.493 e. The first-order chi connectivity index (χ1) is 15.6. The number of anilines is 1. The van der Waals surface area contributed by atoms with E-state index in [2.05, 4.69) is 27.2 Å². The van der Waals surface area contributed by atoms with E-state index in [1.54, 1.807) is 34.5 Å². The van der Waals surface area contributed by atoms with Crippen LogP contribution in [-0.4, -0.2) is 49.2 Å². The van der Waals surface area contributed by atoms with Gasteiger partial charge in [0.25, 0.3) is 0 Å². The number of carbonyl (C=O) groups is 1. The molecule has 1 atom stereocenters. The molecule has 5 rings (SSSR count). The van der Waals surface area contributed by atoms with Crippen LogP contribution in [-0.2, 0) is 4.79 Å². The SMILES string of the molecule is C=CCOc1c(OC)cccc1[C@H]1CC(=O)Nc2c1c(C)nn2-c1ccc2nncn2n1. The highest BCUT2D eigenvalue weighted by Crippen LogP contribution is 2.45. The van der Waals surface area contributed by atoms with E-state index >= 15 is 0 Å². The summed E-state index contributed by atoms with van der Waals surface area (Å²) in [4.78, 5) is 12.8. The predicted molar refractivity (Wildman–Crippen MR) is 116 cm³/mol. The van der Waals surface area contributed by atoms with Crippen molar-refractivity contribution in [2.75, 3.05) is 19.0 Å². The number of hydrogen-bond donors (Lipinski definition) is 1. The molecule has 32 heavy (non-hydrogen) atoms. The summed E-state index contributed by atoms with van der Waals surface area (Å²) in [6.45, 7) is 5.97. The van der Waals surface area contributed by atoms with Crippen molar-refractivity contribution in [1.29, 1.82) is 0 Å². The molecule has 0 unspecified atom stereocenters. The van der Waals surface area contributed by atoms with Crippen LogP contribution in [0.3, 0.4) is 0 Å².